The van der Waals surface area contributed by atoms with Crippen LogP contribution >= 0.6 is 0 Å². The van der Waals surface area contributed by atoms with Gasteiger partial charge in [-0.2, -0.15) is 0 Å². The molecule has 1 aromatic rings. The first-order valence-electron chi connectivity index (χ1n) is 5.70. The van der Waals surface area contributed by atoms with E-state index in [0.717, 1.165) is 25.7 Å². The van der Waals surface area contributed by atoms with Gasteiger partial charge in [-0.25, -0.2) is 9.89 Å². The number of hydrogen-bond donors (Lipinski definition) is 3. The van der Waals surface area contributed by atoms with E-state index in [1.807, 2.05) is 4.98 Å². The first-order chi connectivity index (χ1) is 8.09. The highest BCUT2D eigenvalue weighted by Gasteiger charge is 2.28. The molecule has 0 aliphatic heterocycles. The summed E-state index contributed by atoms with van der Waals surface area (Å²) < 4.78 is 5.28. The lowest BCUT2D eigenvalue weighted by Crippen LogP contribution is -2.47. The summed E-state index contributed by atoms with van der Waals surface area (Å²) in [6, 6.07) is 0. The molecule has 1 aliphatic rings. The Morgan fingerprint density at radius 3 is 2.65 bits per heavy atom. The Hall–Kier alpha value is -1.63. The quantitative estimate of drug-likeness (QED) is 0.659. The van der Waals surface area contributed by atoms with Crippen LogP contribution in [0.4, 0.5) is 0 Å². The van der Waals surface area contributed by atoms with Crippen LogP contribution in [0.1, 0.15) is 32.1 Å². The van der Waals surface area contributed by atoms with Crippen molar-refractivity contribution in [2.75, 3.05) is 6.61 Å². The second-order valence-electron chi connectivity index (χ2n) is 4.52. The van der Waals surface area contributed by atoms with E-state index in [1.54, 1.807) is 0 Å². The molecule has 0 aromatic carbocycles. The first-order valence-corrected chi connectivity index (χ1v) is 5.70. The third-order valence-corrected chi connectivity index (χ3v) is 3.03. The first kappa shape index (κ1) is 11.8. The fraction of sp³-hybridized carbons (Fsp3) is 0.700. The van der Waals surface area contributed by atoms with Crippen molar-refractivity contribution in [1.29, 1.82) is 0 Å². The normalized spacial score (nSPS) is 18.9. The number of rotatable bonds is 3. The molecular formula is C10H16N4O3. The van der Waals surface area contributed by atoms with Crippen LogP contribution in [-0.4, -0.2) is 27.3 Å². The van der Waals surface area contributed by atoms with Gasteiger partial charge in [0.05, 0.1) is 5.54 Å². The fourth-order valence-electron chi connectivity index (χ4n) is 2.05. The minimum absolute atomic E-state index is 0.139. The van der Waals surface area contributed by atoms with Gasteiger partial charge in [0.1, 0.15) is 6.61 Å². The Bertz CT molecular complexity index is 487. The summed E-state index contributed by atoms with van der Waals surface area (Å²) in [5.74, 6) is -0.139. The molecular weight excluding hydrogens is 224 g/mol. The van der Waals surface area contributed by atoms with E-state index in [2.05, 4.69) is 10.2 Å². The van der Waals surface area contributed by atoms with Gasteiger partial charge in [-0.1, -0.05) is 19.3 Å². The number of aromatic amines is 2. The van der Waals surface area contributed by atoms with E-state index < -0.39 is 11.2 Å². The van der Waals surface area contributed by atoms with Crippen LogP contribution < -0.4 is 21.7 Å². The third kappa shape index (κ3) is 2.94. The molecule has 1 fully saturated rings. The zero-order valence-electron chi connectivity index (χ0n) is 9.49. The number of H-pyrrole nitrogens is 2. The molecule has 0 bridgehead atoms. The lowest BCUT2D eigenvalue weighted by atomic mass is 9.83. The van der Waals surface area contributed by atoms with Gasteiger partial charge in [-0.3, -0.25) is 9.78 Å². The zero-order valence-corrected chi connectivity index (χ0v) is 9.49. The summed E-state index contributed by atoms with van der Waals surface area (Å²) >= 11 is 0. The van der Waals surface area contributed by atoms with Gasteiger partial charge in [-0.15, -0.1) is 5.10 Å². The molecule has 1 aromatic heterocycles. The molecule has 0 atom stereocenters. The van der Waals surface area contributed by atoms with Crippen molar-refractivity contribution in [2.24, 2.45) is 5.73 Å². The molecule has 94 valence electrons. The Balaban J connectivity index is 2.02. The maximum absolute atomic E-state index is 11.3. The molecule has 0 amide bonds. The minimum atomic E-state index is -0.650. The van der Waals surface area contributed by atoms with E-state index >= 15 is 0 Å². The van der Waals surface area contributed by atoms with E-state index in [9.17, 15) is 9.59 Å². The molecule has 4 N–H and O–H groups in total. The second kappa shape index (κ2) is 4.70. The number of nitrogens with zero attached hydrogens (tertiary/aromatic N) is 1. The van der Waals surface area contributed by atoms with E-state index in [0.29, 0.717) is 0 Å². The van der Waals surface area contributed by atoms with Crippen molar-refractivity contribution in [1.82, 2.24) is 15.2 Å². The van der Waals surface area contributed by atoms with Gasteiger partial charge in [-0.05, 0) is 12.8 Å². The molecule has 0 spiro atoms. The summed E-state index contributed by atoms with van der Waals surface area (Å²) in [4.78, 5) is 24.1. The van der Waals surface area contributed by atoms with E-state index in [-0.39, 0.29) is 18.0 Å². The second-order valence-corrected chi connectivity index (χ2v) is 4.52. The molecule has 2 rings (SSSR count). The van der Waals surface area contributed by atoms with Crippen molar-refractivity contribution in [2.45, 2.75) is 37.6 Å². The Kier molecular flexibility index (Phi) is 3.28. The molecule has 0 radical (unpaired) electrons. The molecule has 17 heavy (non-hydrogen) atoms. The summed E-state index contributed by atoms with van der Waals surface area (Å²) in [6.45, 7) is 0.245. The predicted molar refractivity (Wildman–Crippen MR) is 61.0 cm³/mol. The Morgan fingerprint density at radius 1 is 1.29 bits per heavy atom. The SMILES string of the molecule is NC1(COc2n[nH]c(=O)[nH]c2=O)CCCCC1. The average molecular weight is 240 g/mol. The number of nitrogens with two attached hydrogens (primary N) is 1. The molecule has 7 heteroatoms. The number of nitrogens with one attached hydrogen (secondary N) is 2. The standard InChI is InChI=1S/C10H16N4O3/c11-10(4-2-1-3-5-10)6-17-8-7(15)12-9(16)14-13-8/h1-6,11H2,(H2,12,14,15,16). The van der Waals surface area contributed by atoms with Crippen LogP contribution in [0.5, 0.6) is 5.88 Å². The predicted octanol–water partition coefficient (Wildman–Crippen LogP) is -0.501. The smallest absolute Gasteiger partial charge is 0.342 e. The largest absolute Gasteiger partial charge is 0.471 e. The van der Waals surface area contributed by atoms with Crippen LogP contribution in [0, 0.1) is 0 Å². The van der Waals surface area contributed by atoms with E-state index in [4.69, 9.17) is 10.5 Å². The highest BCUT2D eigenvalue weighted by atomic mass is 16.5. The number of ether oxygens (including phenoxy) is 1. The lowest BCUT2D eigenvalue weighted by Gasteiger charge is -2.32. The van der Waals surface area contributed by atoms with Crippen molar-refractivity contribution in [3.63, 3.8) is 0 Å². The molecule has 1 saturated carbocycles. The molecule has 7 nitrogen and oxygen atoms in total. The summed E-state index contributed by atoms with van der Waals surface area (Å²) in [7, 11) is 0. The van der Waals surface area contributed by atoms with Gasteiger partial charge in [0.25, 0.3) is 5.88 Å². The van der Waals surface area contributed by atoms with Crippen LogP contribution in [0.2, 0.25) is 0 Å². The molecule has 0 unspecified atom stereocenters. The Morgan fingerprint density at radius 2 is 2.00 bits per heavy atom. The highest BCUT2D eigenvalue weighted by Crippen LogP contribution is 2.25. The number of aromatic nitrogens is 3. The Labute approximate surface area is 97.4 Å². The van der Waals surface area contributed by atoms with Gasteiger partial charge < -0.3 is 10.5 Å². The van der Waals surface area contributed by atoms with Gasteiger partial charge >= 0.3 is 11.2 Å². The average Bonchev–Trinajstić information content (AvgIpc) is 2.29. The van der Waals surface area contributed by atoms with Crippen molar-refractivity contribution >= 4 is 0 Å². The highest BCUT2D eigenvalue weighted by molar-refractivity contribution is 5.01. The minimum Gasteiger partial charge on any atom is -0.471 e. The monoisotopic (exact) mass is 240 g/mol. The summed E-state index contributed by atoms with van der Waals surface area (Å²) in [6.07, 6.45) is 5.11. The topological polar surface area (TPSA) is 114 Å². The lowest BCUT2D eigenvalue weighted by molar-refractivity contribution is 0.165. The van der Waals surface area contributed by atoms with Crippen molar-refractivity contribution < 1.29 is 4.74 Å². The molecule has 1 heterocycles. The molecule has 0 saturated heterocycles. The summed E-state index contributed by atoms with van der Waals surface area (Å²) in [5.41, 5.74) is 4.48. The maximum atomic E-state index is 11.3. The van der Waals surface area contributed by atoms with Crippen molar-refractivity contribution in [3.8, 4) is 5.88 Å². The van der Waals surface area contributed by atoms with Crippen LogP contribution in [0.25, 0.3) is 0 Å². The van der Waals surface area contributed by atoms with Gasteiger partial charge in [0, 0.05) is 0 Å². The summed E-state index contributed by atoms with van der Waals surface area (Å²) in [5, 5.41) is 5.65. The number of hydrogen-bond acceptors (Lipinski definition) is 5. The van der Waals surface area contributed by atoms with Gasteiger partial charge in [0.2, 0.25) is 0 Å². The van der Waals surface area contributed by atoms with Crippen LogP contribution in [0.3, 0.4) is 0 Å². The van der Waals surface area contributed by atoms with Crippen LogP contribution in [-0.2, 0) is 0 Å². The fourth-order valence-corrected chi connectivity index (χ4v) is 2.05. The third-order valence-electron chi connectivity index (χ3n) is 3.03. The zero-order chi connectivity index (χ0) is 12.3. The maximum Gasteiger partial charge on any atom is 0.342 e. The van der Waals surface area contributed by atoms with E-state index in [1.165, 1.54) is 6.42 Å². The molecule has 1 aliphatic carbocycles. The van der Waals surface area contributed by atoms with Crippen molar-refractivity contribution in [3.05, 3.63) is 20.8 Å². The van der Waals surface area contributed by atoms with Gasteiger partial charge in [0.15, 0.2) is 0 Å². The van der Waals surface area contributed by atoms with Crippen LogP contribution in [0.15, 0.2) is 9.59 Å².